The second kappa shape index (κ2) is 6.49. The molecule has 0 fully saturated rings. The van der Waals surface area contributed by atoms with Gasteiger partial charge in [-0.2, -0.15) is 0 Å². The van der Waals surface area contributed by atoms with Crippen LogP contribution >= 0.6 is 11.6 Å². The topological polar surface area (TPSA) is 4.93 Å². The fourth-order valence-corrected chi connectivity index (χ4v) is 4.12. The highest BCUT2D eigenvalue weighted by Crippen LogP contribution is 2.37. The molecule has 1 aliphatic carbocycles. The summed E-state index contributed by atoms with van der Waals surface area (Å²) in [6, 6.07) is 19.1. The molecule has 3 aromatic rings. The van der Waals surface area contributed by atoms with Crippen LogP contribution in [0.25, 0.3) is 11.1 Å². The van der Waals surface area contributed by atoms with Crippen LogP contribution in [0.5, 0.6) is 0 Å². The maximum atomic E-state index is 6.09. The molecule has 122 valence electrons. The minimum absolute atomic E-state index is 0.800. The van der Waals surface area contributed by atoms with Crippen LogP contribution in [0.1, 0.15) is 35.4 Å². The van der Waals surface area contributed by atoms with Crippen molar-refractivity contribution >= 4 is 11.6 Å². The fraction of sp³-hybridized carbons (Fsp3) is 0.273. The normalized spacial score (nSPS) is 13.8. The van der Waals surface area contributed by atoms with Crippen molar-refractivity contribution in [3.05, 3.63) is 82.1 Å². The molecule has 1 nitrogen and oxygen atoms in total. The number of fused-ring (bicyclic) bond motifs is 1. The molecule has 24 heavy (non-hydrogen) atoms. The van der Waals surface area contributed by atoms with Gasteiger partial charge in [0.05, 0.1) is 0 Å². The Balaban J connectivity index is 1.84. The standard InChI is InChI=1S/C22H22ClN/c1-16-22(18-11-13-19(23)14-12-18)20-9-5-6-10-21(20)24(16)15-17-7-3-2-4-8-17/h2-4,7-8,11-14H,5-6,9-10,15H2,1H3. The summed E-state index contributed by atoms with van der Waals surface area (Å²) in [6.45, 7) is 3.23. The van der Waals surface area contributed by atoms with Gasteiger partial charge in [-0.15, -0.1) is 0 Å². The third-order valence-corrected chi connectivity index (χ3v) is 5.40. The summed E-state index contributed by atoms with van der Waals surface area (Å²) in [4.78, 5) is 0. The summed E-state index contributed by atoms with van der Waals surface area (Å²) in [5.41, 5.74) is 8.56. The highest BCUT2D eigenvalue weighted by atomic mass is 35.5. The van der Waals surface area contributed by atoms with Gasteiger partial charge in [0.25, 0.3) is 0 Å². The van der Waals surface area contributed by atoms with Crippen molar-refractivity contribution in [1.82, 2.24) is 4.57 Å². The Morgan fingerprint density at radius 2 is 1.62 bits per heavy atom. The van der Waals surface area contributed by atoms with Crippen LogP contribution in [0.2, 0.25) is 5.02 Å². The van der Waals surface area contributed by atoms with Gasteiger partial charge in [0.1, 0.15) is 0 Å². The van der Waals surface area contributed by atoms with Crippen LogP contribution in [-0.4, -0.2) is 4.57 Å². The number of hydrogen-bond acceptors (Lipinski definition) is 0. The van der Waals surface area contributed by atoms with Crippen LogP contribution in [0.4, 0.5) is 0 Å². The monoisotopic (exact) mass is 335 g/mol. The number of hydrogen-bond donors (Lipinski definition) is 0. The smallest absolute Gasteiger partial charge is 0.0475 e. The summed E-state index contributed by atoms with van der Waals surface area (Å²) in [7, 11) is 0. The molecule has 0 spiro atoms. The van der Waals surface area contributed by atoms with E-state index in [1.54, 1.807) is 5.56 Å². The maximum absolute atomic E-state index is 6.09. The summed E-state index contributed by atoms with van der Waals surface area (Å²) in [5, 5.41) is 0.800. The van der Waals surface area contributed by atoms with Crippen molar-refractivity contribution in [2.24, 2.45) is 0 Å². The minimum atomic E-state index is 0.800. The Hall–Kier alpha value is -1.99. The van der Waals surface area contributed by atoms with Crippen molar-refractivity contribution in [3.8, 4) is 11.1 Å². The molecular formula is C22H22ClN. The van der Waals surface area contributed by atoms with Crippen molar-refractivity contribution in [1.29, 1.82) is 0 Å². The van der Waals surface area contributed by atoms with Gasteiger partial charge in [0.2, 0.25) is 0 Å². The molecule has 0 bridgehead atoms. The summed E-state index contributed by atoms with van der Waals surface area (Å²) >= 11 is 6.09. The maximum Gasteiger partial charge on any atom is 0.0475 e. The van der Waals surface area contributed by atoms with Gasteiger partial charge in [0.15, 0.2) is 0 Å². The van der Waals surface area contributed by atoms with Gasteiger partial charge >= 0.3 is 0 Å². The molecule has 1 heterocycles. The van der Waals surface area contributed by atoms with Gasteiger partial charge in [-0.25, -0.2) is 0 Å². The number of nitrogens with zero attached hydrogens (tertiary/aromatic N) is 1. The Kier molecular flexibility index (Phi) is 4.20. The van der Waals surface area contributed by atoms with E-state index in [-0.39, 0.29) is 0 Å². The van der Waals surface area contributed by atoms with Crippen LogP contribution < -0.4 is 0 Å². The van der Waals surface area contributed by atoms with Gasteiger partial charge in [-0.3, -0.25) is 0 Å². The Labute approximate surface area is 148 Å². The average molecular weight is 336 g/mol. The number of benzene rings is 2. The van der Waals surface area contributed by atoms with Crippen molar-refractivity contribution in [3.63, 3.8) is 0 Å². The minimum Gasteiger partial charge on any atom is -0.344 e. The Morgan fingerprint density at radius 1 is 0.917 bits per heavy atom. The summed E-state index contributed by atoms with van der Waals surface area (Å²) in [6.07, 6.45) is 4.97. The van der Waals surface area contributed by atoms with Gasteiger partial charge in [-0.1, -0.05) is 54.1 Å². The predicted molar refractivity (Wildman–Crippen MR) is 102 cm³/mol. The quantitative estimate of drug-likeness (QED) is 0.549. The molecule has 0 N–H and O–H groups in total. The molecule has 2 aromatic carbocycles. The van der Waals surface area contributed by atoms with Crippen LogP contribution in [0, 0.1) is 6.92 Å². The number of rotatable bonds is 3. The zero-order valence-electron chi connectivity index (χ0n) is 14.1. The van der Waals surface area contributed by atoms with E-state index in [1.807, 2.05) is 12.1 Å². The lowest BCUT2D eigenvalue weighted by Crippen LogP contribution is -2.10. The first-order chi connectivity index (χ1) is 11.7. The molecule has 2 heteroatoms. The summed E-state index contributed by atoms with van der Waals surface area (Å²) in [5.74, 6) is 0. The van der Waals surface area contributed by atoms with E-state index in [2.05, 4.69) is 54.0 Å². The molecule has 0 atom stereocenters. The van der Waals surface area contributed by atoms with E-state index < -0.39 is 0 Å². The van der Waals surface area contributed by atoms with Crippen molar-refractivity contribution < 1.29 is 0 Å². The van der Waals surface area contributed by atoms with E-state index in [1.165, 1.54) is 53.8 Å². The predicted octanol–water partition coefficient (Wildman–Crippen LogP) is 6.04. The SMILES string of the molecule is Cc1c(-c2ccc(Cl)cc2)c2c(n1Cc1ccccc1)CCCC2. The van der Waals surface area contributed by atoms with Gasteiger partial charge < -0.3 is 4.57 Å². The summed E-state index contributed by atoms with van der Waals surface area (Å²) < 4.78 is 2.54. The number of halogens is 1. The largest absolute Gasteiger partial charge is 0.344 e. The highest BCUT2D eigenvalue weighted by molar-refractivity contribution is 6.30. The van der Waals surface area contributed by atoms with Gasteiger partial charge in [-0.05, 0) is 61.4 Å². The molecule has 0 radical (unpaired) electrons. The molecule has 0 saturated heterocycles. The Bertz CT molecular complexity index is 844. The molecule has 4 rings (SSSR count). The van der Waals surface area contributed by atoms with E-state index >= 15 is 0 Å². The van der Waals surface area contributed by atoms with Crippen LogP contribution in [0.3, 0.4) is 0 Å². The van der Waals surface area contributed by atoms with Crippen molar-refractivity contribution in [2.75, 3.05) is 0 Å². The Morgan fingerprint density at radius 3 is 2.38 bits per heavy atom. The zero-order valence-corrected chi connectivity index (χ0v) is 14.8. The second-order valence-corrected chi connectivity index (χ2v) is 7.11. The lowest BCUT2D eigenvalue weighted by atomic mass is 9.91. The lowest BCUT2D eigenvalue weighted by molar-refractivity contribution is 0.625. The third kappa shape index (κ3) is 2.78. The third-order valence-electron chi connectivity index (χ3n) is 5.15. The average Bonchev–Trinajstić information content (AvgIpc) is 2.89. The second-order valence-electron chi connectivity index (χ2n) is 6.67. The molecular weight excluding hydrogens is 314 g/mol. The molecule has 1 aliphatic rings. The zero-order chi connectivity index (χ0) is 16.5. The van der Waals surface area contributed by atoms with E-state index in [0.29, 0.717) is 0 Å². The fourth-order valence-electron chi connectivity index (χ4n) is 3.99. The van der Waals surface area contributed by atoms with E-state index in [4.69, 9.17) is 11.6 Å². The molecule has 0 unspecified atom stereocenters. The molecule has 0 aliphatic heterocycles. The van der Waals surface area contributed by atoms with Crippen LogP contribution in [0.15, 0.2) is 54.6 Å². The molecule has 0 saturated carbocycles. The van der Waals surface area contributed by atoms with Crippen molar-refractivity contribution in [2.45, 2.75) is 39.2 Å². The van der Waals surface area contributed by atoms with Gasteiger partial charge in [0, 0.05) is 28.5 Å². The first-order valence-electron chi connectivity index (χ1n) is 8.75. The first kappa shape index (κ1) is 15.5. The van der Waals surface area contributed by atoms with E-state index in [0.717, 1.165) is 11.6 Å². The van der Waals surface area contributed by atoms with E-state index in [9.17, 15) is 0 Å². The molecule has 1 aromatic heterocycles. The highest BCUT2D eigenvalue weighted by Gasteiger charge is 2.23. The lowest BCUT2D eigenvalue weighted by Gasteiger charge is -2.16. The molecule has 0 amide bonds. The first-order valence-corrected chi connectivity index (χ1v) is 9.12. The number of aromatic nitrogens is 1. The van der Waals surface area contributed by atoms with Crippen LogP contribution in [-0.2, 0) is 19.4 Å².